The molecule has 3 aromatic rings. The van der Waals surface area contributed by atoms with Crippen LogP contribution in [0.25, 0.3) is 11.0 Å². The van der Waals surface area contributed by atoms with Gasteiger partial charge in [0.25, 0.3) is 15.7 Å². The number of aromatic nitrogens is 2. The van der Waals surface area contributed by atoms with E-state index in [4.69, 9.17) is 0 Å². The summed E-state index contributed by atoms with van der Waals surface area (Å²) in [6.07, 6.45) is 2.88. The summed E-state index contributed by atoms with van der Waals surface area (Å²) in [5.74, 6) is 0. The van der Waals surface area contributed by atoms with Crippen molar-refractivity contribution < 1.29 is 13.3 Å². The fourth-order valence-electron chi connectivity index (χ4n) is 2.05. The summed E-state index contributed by atoms with van der Waals surface area (Å²) in [6, 6.07) is 8.55. The number of benzene rings is 1. The molecule has 9 heteroatoms. The Hall–Kier alpha value is -2.94. The molecule has 1 aromatic carbocycles. The molecule has 0 aliphatic rings. The van der Waals surface area contributed by atoms with Crippen LogP contribution in [-0.2, 0) is 10.0 Å². The molecule has 22 heavy (non-hydrogen) atoms. The Morgan fingerprint density at radius 2 is 2.05 bits per heavy atom. The summed E-state index contributed by atoms with van der Waals surface area (Å²) in [5, 5.41) is 11.2. The molecule has 0 unspecified atom stereocenters. The largest absolute Gasteiger partial charge is 0.345 e. The summed E-state index contributed by atoms with van der Waals surface area (Å²) >= 11 is 0. The maximum atomic E-state index is 12.4. The number of nitrogens with one attached hydrogen (secondary N) is 2. The number of sulfonamides is 1. The minimum Gasteiger partial charge on any atom is -0.345 e. The third kappa shape index (κ3) is 2.49. The molecule has 0 fully saturated rings. The lowest BCUT2D eigenvalue weighted by molar-refractivity contribution is -0.384. The Bertz CT molecular complexity index is 965. The zero-order valence-electron chi connectivity index (χ0n) is 11.1. The molecule has 0 atom stereocenters. The van der Waals surface area contributed by atoms with Crippen LogP contribution >= 0.6 is 0 Å². The van der Waals surface area contributed by atoms with E-state index in [-0.39, 0.29) is 16.3 Å². The predicted molar refractivity (Wildman–Crippen MR) is 80.0 cm³/mol. The molecule has 0 spiro atoms. The summed E-state index contributed by atoms with van der Waals surface area (Å²) in [5.41, 5.74) is 0.371. The highest BCUT2D eigenvalue weighted by Gasteiger charge is 2.20. The smallest absolute Gasteiger partial charge is 0.271 e. The van der Waals surface area contributed by atoms with Gasteiger partial charge in [-0.15, -0.1) is 0 Å². The van der Waals surface area contributed by atoms with E-state index < -0.39 is 14.9 Å². The molecule has 0 aliphatic carbocycles. The maximum Gasteiger partial charge on any atom is 0.271 e. The van der Waals surface area contributed by atoms with Crippen LogP contribution in [0.15, 0.2) is 53.7 Å². The molecular formula is C13H10N4O4S. The normalized spacial score (nSPS) is 11.5. The van der Waals surface area contributed by atoms with Crippen molar-refractivity contribution in [2.24, 2.45) is 0 Å². The number of rotatable bonds is 4. The van der Waals surface area contributed by atoms with E-state index in [0.29, 0.717) is 11.0 Å². The molecular weight excluding hydrogens is 308 g/mol. The minimum atomic E-state index is -3.88. The van der Waals surface area contributed by atoms with E-state index in [1.807, 2.05) is 0 Å². The molecule has 0 saturated carbocycles. The van der Waals surface area contributed by atoms with Crippen molar-refractivity contribution in [3.63, 3.8) is 0 Å². The molecule has 0 radical (unpaired) electrons. The summed E-state index contributed by atoms with van der Waals surface area (Å²) < 4.78 is 27.2. The van der Waals surface area contributed by atoms with Gasteiger partial charge in [0.15, 0.2) is 0 Å². The van der Waals surface area contributed by atoms with Gasteiger partial charge in [0, 0.05) is 29.9 Å². The van der Waals surface area contributed by atoms with E-state index in [2.05, 4.69) is 14.7 Å². The summed E-state index contributed by atoms with van der Waals surface area (Å²) in [6.45, 7) is 0. The van der Waals surface area contributed by atoms with Crippen molar-refractivity contribution in [3.8, 4) is 0 Å². The fourth-order valence-corrected chi connectivity index (χ4v) is 3.26. The van der Waals surface area contributed by atoms with E-state index >= 15 is 0 Å². The Kier molecular flexibility index (Phi) is 3.26. The molecule has 0 bridgehead atoms. The first kappa shape index (κ1) is 14.0. The predicted octanol–water partition coefficient (Wildman–Crippen LogP) is 2.27. The number of anilines is 1. The van der Waals surface area contributed by atoms with Crippen LogP contribution in [-0.4, -0.2) is 23.3 Å². The molecule has 112 valence electrons. The number of fused-ring (bicyclic) bond motifs is 1. The van der Waals surface area contributed by atoms with Gasteiger partial charge >= 0.3 is 0 Å². The highest BCUT2D eigenvalue weighted by Crippen LogP contribution is 2.25. The molecule has 2 N–H and O–H groups in total. The number of nitro benzene ring substituents is 1. The van der Waals surface area contributed by atoms with Crippen molar-refractivity contribution in [1.29, 1.82) is 0 Å². The maximum absolute atomic E-state index is 12.4. The van der Waals surface area contributed by atoms with Gasteiger partial charge in [-0.25, -0.2) is 13.4 Å². The van der Waals surface area contributed by atoms with Crippen molar-refractivity contribution in [3.05, 3.63) is 58.9 Å². The molecule has 0 amide bonds. The molecule has 2 heterocycles. The lowest BCUT2D eigenvalue weighted by Crippen LogP contribution is -2.12. The Morgan fingerprint density at radius 1 is 1.23 bits per heavy atom. The first-order chi connectivity index (χ1) is 10.5. The number of nitro groups is 1. The van der Waals surface area contributed by atoms with Gasteiger partial charge in [0.1, 0.15) is 10.5 Å². The number of hydrogen-bond donors (Lipinski definition) is 2. The number of H-pyrrole nitrogens is 1. The number of pyridine rings is 1. The number of hydrogen-bond acceptors (Lipinski definition) is 5. The first-order valence-corrected chi connectivity index (χ1v) is 7.65. The summed E-state index contributed by atoms with van der Waals surface area (Å²) in [7, 11) is -3.88. The third-order valence-corrected chi connectivity index (χ3v) is 4.43. The second kappa shape index (κ2) is 5.11. The number of aromatic amines is 1. The highest BCUT2D eigenvalue weighted by atomic mass is 32.2. The quantitative estimate of drug-likeness (QED) is 0.565. The zero-order chi connectivity index (χ0) is 15.7. The fraction of sp³-hybridized carbons (Fsp3) is 0. The van der Waals surface area contributed by atoms with Crippen molar-refractivity contribution in [2.75, 3.05) is 4.72 Å². The van der Waals surface area contributed by atoms with Crippen molar-refractivity contribution in [1.82, 2.24) is 9.97 Å². The van der Waals surface area contributed by atoms with E-state index in [1.54, 1.807) is 18.3 Å². The van der Waals surface area contributed by atoms with Crippen LogP contribution in [0.3, 0.4) is 0 Å². The van der Waals surface area contributed by atoms with Crippen LogP contribution in [0.4, 0.5) is 11.4 Å². The monoisotopic (exact) mass is 318 g/mol. The standard InChI is InChI=1S/C13H10N4O4S/c18-17(19)10-4-1-3-9(7-10)16-22(20,21)12-8-15-13-11(12)5-2-6-14-13/h1-8,16H,(H,14,15). The minimum absolute atomic E-state index is 0.0297. The Morgan fingerprint density at radius 3 is 2.82 bits per heavy atom. The van der Waals surface area contributed by atoms with E-state index in [0.717, 1.165) is 6.07 Å². The van der Waals surface area contributed by atoms with Crippen LogP contribution in [0.1, 0.15) is 0 Å². The van der Waals surface area contributed by atoms with Crippen molar-refractivity contribution >= 4 is 32.4 Å². The van der Waals surface area contributed by atoms with Gasteiger partial charge in [0.05, 0.1) is 10.6 Å². The topological polar surface area (TPSA) is 118 Å². The van der Waals surface area contributed by atoms with Crippen LogP contribution in [0.2, 0.25) is 0 Å². The van der Waals surface area contributed by atoms with Crippen LogP contribution < -0.4 is 4.72 Å². The van der Waals surface area contributed by atoms with Gasteiger partial charge < -0.3 is 4.98 Å². The lowest BCUT2D eigenvalue weighted by Gasteiger charge is -2.06. The second-order valence-corrected chi connectivity index (χ2v) is 6.12. The van der Waals surface area contributed by atoms with Crippen LogP contribution in [0.5, 0.6) is 0 Å². The van der Waals surface area contributed by atoms with Crippen LogP contribution in [0, 0.1) is 10.1 Å². The Balaban J connectivity index is 2.00. The average molecular weight is 318 g/mol. The van der Waals surface area contributed by atoms with Crippen molar-refractivity contribution in [2.45, 2.75) is 4.90 Å². The molecule has 0 saturated heterocycles. The van der Waals surface area contributed by atoms with E-state index in [9.17, 15) is 18.5 Å². The molecule has 3 rings (SSSR count). The lowest BCUT2D eigenvalue weighted by atomic mass is 10.3. The van der Waals surface area contributed by atoms with Gasteiger partial charge in [-0.2, -0.15) is 0 Å². The highest BCUT2D eigenvalue weighted by molar-refractivity contribution is 7.93. The third-order valence-electron chi connectivity index (χ3n) is 3.01. The van der Waals surface area contributed by atoms with Gasteiger partial charge in [-0.1, -0.05) is 6.07 Å². The zero-order valence-corrected chi connectivity index (χ0v) is 11.9. The SMILES string of the molecule is O=[N+]([O-])c1cccc(NS(=O)(=O)c2c[nH]c3ncccc23)c1. The van der Waals surface area contributed by atoms with E-state index in [1.165, 1.54) is 24.4 Å². The number of nitrogens with zero attached hydrogens (tertiary/aromatic N) is 2. The van der Waals surface area contributed by atoms with Gasteiger partial charge in [-0.05, 0) is 18.2 Å². The van der Waals surface area contributed by atoms with Gasteiger partial charge in [0.2, 0.25) is 0 Å². The Labute approximate surface area is 125 Å². The molecule has 2 aromatic heterocycles. The first-order valence-electron chi connectivity index (χ1n) is 6.17. The average Bonchev–Trinajstić information content (AvgIpc) is 2.91. The second-order valence-electron chi connectivity index (χ2n) is 4.47. The molecule has 0 aliphatic heterocycles. The number of non-ortho nitro benzene ring substituents is 1. The molecule has 8 nitrogen and oxygen atoms in total. The summed E-state index contributed by atoms with van der Waals surface area (Å²) in [4.78, 5) is 17.0. The van der Waals surface area contributed by atoms with Gasteiger partial charge in [-0.3, -0.25) is 14.8 Å².